The molecule has 5 nitrogen and oxygen atoms in total. The Labute approximate surface area is 124 Å². The number of pyridine rings is 1. The highest BCUT2D eigenvalue weighted by Crippen LogP contribution is 2.42. The molecular weight excluding hydrogens is 266 g/mol. The maximum Gasteiger partial charge on any atom is 0.165 e. The standard InChI is InChI=1S/C16H19N3O2/c1-16(2)9-11-5-3-7-13(14(11)21-16)20-10-12-6-4-8-18-15(12)19-17/h3-8H,9-10,17H2,1-2H3,(H,18,19). The van der Waals surface area contributed by atoms with Crippen molar-refractivity contribution in [3.63, 3.8) is 0 Å². The van der Waals surface area contributed by atoms with Crippen LogP contribution in [0.5, 0.6) is 11.5 Å². The minimum Gasteiger partial charge on any atom is -0.485 e. The molecule has 1 aromatic heterocycles. The number of nitrogens with zero attached hydrogens (tertiary/aromatic N) is 1. The number of nitrogens with one attached hydrogen (secondary N) is 1. The molecule has 2 heterocycles. The largest absolute Gasteiger partial charge is 0.485 e. The SMILES string of the molecule is CC1(C)Cc2cccc(OCc3cccnc3NN)c2O1. The summed E-state index contributed by atoms with van der Waals surface area (Å²) in [6, 6.07) is 9.77. The summed E-state index contributed by atoms with van der Waals surface area (Å²) in [7, 11) is 0. The van der Waals surface area contributed by atoms with Gasteiger partial charge in [0.15, 0.2) is 11.5 Å². The number of anilines is 1. The highest BCUT2D eigenvalue weighted by Gasteiger charge is 2.32. The summed E-state index contributed by atoms with van der Waals surface area (Å²) in [5.41, 5.74) is 4.47. The van der Waals surface area contributed by atoms with Crippen molar-refractivity contribution in [3.05, 3.63) is 47.7 Å². The maximum atomic E-state index is 5.99. The van der Waals surface area contributed by atoms with Gasteiger partial charge in [-0.15, -0.1) is 0 Å². The Morgan fingerprint density at radius 2 is 2.19 bits per heavy atom. The lowest BCUT2D eigenvalue weighted by Gasteiger charge is -2.18. The second-order valence-electron chi connectivity index (χ2n) is 5.73. The molecule has 1 aromatic carbocycles. The minimum absolute atomic E-state index is 0.180. The molecule has 0 atom stereocenters. The molecule has 2 aromatic rings. The van der Waals surface area contributed by atoms with Gasteiger partial charge in [0.1, 0.15) is 18.0 Å². The van der Waals surface area contributed by atoms with Crippen LogP contribution in [0.15, 0.2) is 36.5 Å². The fourth-order valence-corrected chi connectivity index (χ4v) is 2.54. The molecule has 21 heavy (non-hydrogen) atoms. The Kier molecular flexibility index (Phi) is 3.43. The number of aromatic nitrogens is 1. The predicted octanol–water partition coefficient (Wildman–Crippen LogP) is 2.66. The van der Waals surface area contributed by atoms with Crippen LogP contribution in [0.4, 0.5) is 5.82 Å². The van der Waals surface area contributed by atoms with Gasteiger partial charge in [0.05, 0.1) is 0 Å². The highest BCUT2D eigenvalue weighted by molar-refractivity contribution is 5.50. The smallest absolute Gasteiger partial charge is 0.165 e. The predicted molar refractivity (Wildman–Crippen MR) is 81.2 cm³/mol. The van der Waals surface area contributed by atoms with Crippen molar-refractivity contribution >= 4 is 5.82 Å². The molecule has 3 N–H and O–H groups in total. The van der Waals surface area contributed by atoms with Gasteiger partial charge in [-0.25, -0.2) is 10.8 Å². The third-order valence-electron chi connectivity index (χ3n) is 3.47. The number of hydrogen-bond donors (Lipinski definition) is 2. The van der Waals surface area contributed by atoms with Crippen LogP contribution in [-0.4, -0.2) is 10.6 Å². The Morgan fingerprint density at radius 3 is 3.00 bits per heavy atom. The van der Waals surface area contributed by atoms with Gasteiger partial charge in [0.25, 0.3) is 0 Å². The molecule has 110 valence electrons. The zero-order chi connectivity index (χ0) is 14.9. The second kappa shape index (κ2) is 5.26. The van der Waals surface area contributed by atoms with Gasteiger partial charge in [-0.05, 0) is 26.0 Å². The molecule has 0 amide bonds. The van der Waals surface area contributed by atoms with Crippen LogP contribution >= 0.6 is 0 Å². The molecule has 0 fully saturated rings. The van der Waals surface area contributed by atoms with Crippen LogP contribution in [0.25, 0.3) is 0 Å². The van der Waals surface area contributed by atoms with E-state index in [1.54, 1.807) is 6.20 Å². The van der Waals surface area contributed by atoms with Crippen LogP contribution in [0.1, 0.15) is 25.0 Å². The summed E-state index contributed by atoms with van der Waals surface area (Å²) >= 11 is 0. The van der Waals surface area contributed by atoms with Crippen molar-refractivity contribution in [2.75, 3.05) is 5.43 Å². The topological polar surface area (TPSA) is 69.4 Å². The Morgan fingerprint density at radius 1 is 1.33 bits per heavy atom. The van der Waals surface area contributed by atoms with Crippen LogP contribution in [0.2, 0.25) is 0 Å². The number of rotatable bonds is 4. The van der Waals surface area contributed by atoms with E-state index in [1.807, 2.05) is 24.3 Å². The van der Waals surface area contributed by atoms with Crippen LogP contribution in [0, 0.1) is 0 Å². The van der Waals surface area contributed by atoms with Crippen LogP contribution in [-0.2, 0) is 13.0 Å². The molecule has 5 heteroatoms. The average Bonchev–Trinajstić information content (AvgIpc) is 2.79. The first-order valence-corrected chi connectivity index (χ1v) is 6.93. The summed E-state index contributed by atoms with van der Waals surface area (Å²) < 4.78 is 11.9. The van der Waals surface area contributed by atoms with Gasteiger partial charge < -0.3 is 14.9 Å². The number of para-hydroxylation sites is 1. The Balaban J connectivity index is 1.80. The van der Waals surface area contributed by atoms with Gasteiger partial charge in [0, 0.05) is 23.7 Å². The summed E-state index contributed by atoms with van der Waals surface area (Å²) in [5, 5.41) is 0. The Bertz CT molecular complexity index is 656. The van der Waals surface area contributed by atoms with E-state index in [0.717, 1.165) is 23.5 Å². The molecule has 0 saturated carbocycles. The van der Waals surface area contributed by atoms with Gasteiger partial charge in [-0.3, -0.25) is 0 Å². The van der Waals surface area contributed by atoms with E-state index in [9.17, 15) is 0 Å². The van der Waals surface area contributed by atoms with Crippen molar-refractivity contribution in [2.45, 2.75) is 32.5 Å². The normalized spacial score (nSPS) is 15.2. The van der Waals surface area contributed by atoms with E-state index < -0.39 is 0 Å². The van der Waals surface area contributed by atoms with Gasteiger partial charge in [-0.1, -0.05) is 18.2 Å². The lowest BCUT2D eigenvalue weighted by atomic mass is 10.0. The average molecular weight is 285 g/mol. The van der Waals surface area contributed by atoms with Crippen LogP contribution in [0.3, 0.4) is 0 Å². The summed E-state index contributed by atoms with van der Waals surface area (Å²) in [5.74, 6) is 7.67. The van der Waals surface area contributed by atoms with E-state index in [1.165, 1.54) is 5.56 Å². The summed E-state index contributed by atoms with van der Waals surface area (Å²) in [6.45, 7) is 4.54. The molecular formula is C16H19N3O2. The summed E-state index contributed by atoms with van der Waals surface area (Å²) in [6.07, 6.45) is 2.58. The summed E-state index contributed by atoms with van der Waals surface area (Å²) in [4.78, 5) is 4.16. The first-order valence-electron chi connectivity index (χ1n) is 6.93. The zero-order valence-corrected chi connectivity index (χ0v) is 12.2. The lowest BCUT2D eigenvalue weighted by Crippen LogP contribution is -2.24. The number of hydrazine groups is 1. The van der Waals surface area contributed by atoms with Crippen molar-refractivity contribution in [1.82, 2.24) is 4.98 Å². The van der Waals surface area contributed by atoms with Crippen molar-refractivity contribution in [1.29, 1.82) is 0 Å². The third kappa shape index (κ3) is 2.78. The van der Waals surface area contributed by atoms with E-state index in [2.05, 4.69) is 30.3 Å². The van der Waals surface area contributed by atoms with Gasteiger partial charge in [0.2, 0.25) is 0 Å². The van der Waals surface area contributed by atoms with E-state index in [4.69, 9.17) is 15.3 Å². The molecule has 0 radical (unpaired) electrons. The van der Waals surface area contributed by atoms with Crippen molar-refractivity contribution < 1.29 is 9.47 Å². The molecule has 1 aliphatic heterocycles. The lowest BCUT2D eigenvalue weighted by molar-refractivity contribution is 0.131. The quantitative estimate of drug-likeness (QED) is 0.667. The number of nitrogens with two attached hydrogens (primary N) is 1. The first kappa shape index (κ1) is 13.7. The number of hydrogen-bond acceptors (Lipinski definition) is 5. The maximum absolute atomic E-state index is 5.99. The third-order valence-corrected chi connectivity index (χ3v) is 3.47. The molecule has 0 saturated heterocycles. The second-order valence-corrected chi connectivity index (χ2v) is 5.73. The molecule has 1 aliphatic rings. The molecule has 0 aliphatic carbocycles. The van der Waals surface area contributed by atoms with Crippen LogP contribution < -0.4 is 20.7 Å². The number of nitrogen functional groups attached to an aromatic ring is 1. The molecule has 0 unspecified atom stereocenters. The minimum atomic E-state index is -0.180. The molecule has 3 rings (SSSR count). The van der Waals surface area contributed by atoms with Crippen molar-refractivity contribution in [2.24, 2.45) is 5.84 Å². The van der Waals surface area contributed by atoms with Gasteiger partial charge in [-0.2, -0.15) is 0 Å². The number of fused-ring (bicyclic) bond motifs is 1. The number of benzene rings is 1. The molecule has 0 spiro atoms. The van der Waals surface area contributed by atoms with E-state index in [-0.39, 0.29) is 5.60 Å². The zero-order valence-electron chi connectivity index (χ0n) is 12.2. The van der Waals surface area contributed by atoms with Gasteiger partial charge >= 0.3 is 0 Å². The monoisotopic (exact) mass is 285 g/mol. The fraction of sp³-hybridized carbons (Fsp3) is 0.312. The fourth-order valence-electron chi connectivity index (χ4n) is 2.54. The number of ether oxygens (including phenoxy) is 2. The molecule has 0 bridgehead atoms. The highest BCUT2D eigenvalue weighted by atomic mass is 16.5. The first-order chi connectivity index (χ1) is 10.1. The van der Waals surface area contributed by atoms with E-state index in [0.29, 0.717) is 12.4 Å². The van der Waals surface area contributed by atoms with E-state index >= 15 is 0 Å². The Hall–Kier alpha value is -2.27. The van der Waals surface area contributed by atoms with Crippen molar-refractivity contribution in [3.8, 4) is 11.5 Å².